The third-order valence-electron chi connectivity index (χ3n) is 2.04. The van der Waals surface area contributed by atoms with Gasteiger partial charge in [-0.3, -0.25) is 0 Å². The van der Waals surface area contributed by atoms with Gasteiger partial charge in [-0.25, -0.2) is 4.39 Å². The molecule has 0 amide bonds. The molecular formula is C12H17FN2O2. The van der Waals surface area contributed by atoms with Gasteiger partial charge in [0.1, 0.15) is 0 Å². The minimum absolute atomic E-state index is 0.211. The van der Waals surface area contributed by atoms with Crippen LogP contribution in [0.25, 0.3) is 0 Å². The van der Waals surface area contributed by atoms with Crippen molar-refractivity contribution in [1.82, 2.24) is 5.43 Å². The number of halogens is 1. The van der Waals surface area contributed by atoms with E-state index in [-0.39, 0.29) is 11.6 Å². The van der Waals surface area contributed by atoms with Crippen LogP contribution in [0.5, 0.6) is 5.75 Å². The Bertz CT molecular complexity index is 370. The van der Waals surface area contributed by atoms with Crippen molar-refractivity contribution in [2.75, 3.05) is 26.9 Å². The average Bonchev–Trinajstić information content (AvgIpc) is 2.35. The molecule has 0 saturated carbocycles. The van der Waals surface area contributed by atoms with E-state index in [1.807, 2.05) is 6.92 Å². The van der Waals surface area contributed by atoms with Crippen LogP contribution in [0.15, 0.2) is 23.3 Å². The second-order valence-corrected chi connectivity index (χ2v) is 3.26. The molecule has 0 saturated heterocycles. The first-order chi connectivity index (χ1) is 8.27. The highest BCUT2D eigenvalue weighted by Gasteiger charge is 2.01. The standard InChI is InChI=1S/C12H17FN2O2/c1-3-17-7-6-14-15-9-10-4-5-11(13)12(8-10)16-2/h4-5,8-9,14H,3,6-7H2,1-2H3/b15-9+. The normalized spacial score (nSPS) is 10.8. The summed E-state index contributed by atoms with van der Waals surface area (Å²) in [5, 5.41) is 3.99. The Labute approximate surface area is 100 Å². The summed E-state index contributed by atoms with van der Waals surface area (Å²) in [5.41, 5.74) is 3.60. The van der Waals surface area contributed by atoms with E-state index >= 15 is 0 Å². The fourth-order valence-electron chi connectivity index (χ4n) is 1.20. The van der Waals surface area contributed by atoms with Crippen LogP contribution in [-0.4, -0.2) is 33.1 Å². The molecule has 5 heteroatoms. The second-order valence-electron chi connectivity index (χ2n) is 3.26. The lowest BCUT2D eigenvalue weighted by atomic mass is 10.2. The van der Waals surface area contributed by atoms with E-state index in [4.69, 9.17) is 9.47 Å². The summed E-state index contributed by atoms with van der Waals surface area (Å²) in [7, 11) is 1.43. The molecule has 0 unspecified atom stereocenters. The van der Waals surface area contributed by atoms with Crippen LogP contribution in [0, 0.1) is 5.82 Å². The number of methoxy groups -OCH3 is 1. The molecule has 0 fully saturated rings. The topological polar surface area (TPSA) is 42.8 Å². The van der Waals surface area contributed by atoms with Gasteiger partial charge in [0.05, 0.1) is 26.5 Å². The fraction of sp³-hybridized carbons (Fsp3) is 0.417. The third kappa shape index (κ3) is 4.82. The molecule has 0 aliphatic carbocycles. The largest absolute Gasteiger partial charge is 0.494 e. The SMILES string of the molecule is CCOCCN/N=C/c1ccc(F)c(OC)c1. The van der Waals surface area contributed by atoms with Crippen molar-refractivity contribution >= 4 is 6.21 Å². The van der Waals surface area contributed by atoms with Crippen molar-refractivity contribution in [3.8, 4) is 5.75 Å². The van der Waals surface area contributed by atoms with Crippen LogP contribution < -0.4 is 10.2 Å². The summed E-state index contributed by atoms with van der Waals surface area (Å²) in [6, 6.07) is 4.56. The number of nitrogens with zero attached hydrogens (tertiary/aromatic N) is 1. The van der Waals surface area contributed by atoms with Gasteiger partial charge in [-0.05, 0) is 24.6 Å². The highest BCUT2D eigenvalue weighted by atomic mass is 19.1. The van der Waals surface area contributed by atoms with Gasteiger partial charge in [-0.2, -0.15) is 5.10 Å². The van der Waals surface area contributed by atoms with Gasteiger partial charge in [0, 0.05) is 6.61 Å². The van der Waals surface area contributed by atoms with Crippen molar-refractivity contribution in [2.45, 2.75) is 6.92 Å². The number of hydrogen-bond acceptors (Lipinski definition) is 4. The van der Waals surface area contributed by atoms with Gasteiger partial charge in [0.2, 0.25) is 0 Å². The van der Waals surface area contributed by atoms with Crippen LogP contribution in [0.4, 0.5) is 4.39 Å². The van der Waals surface area contributed by atoms with Crippen LogP contribution in [0.1, 0.15) is 12.5 Å². The number of hydrazone groups is 1. The number of rotatable bonds is 7. The molecule has 4 nitrogen and oxygen atoms in total. The lowest BCUT2D eigenvalue weighted by molar-refractivity contribution is 0.149. The van der Waals surface area contributed by atoms with E-state index < -0.39 is 0 Å². The molecule has 0 aliphatic rings. The predicted molar refractivity (Wildman–Crippen MR) is 65.0 cm³/mol. The molecule has 1 N–H and O–H groups in total. The molecule has 17 heavy (non-hydrogen) atoms. The molecular weight excluding hydrogens is 223 g/mol. The van der Waals surface area contributed by atoms with Crippen molar-refractivity contribution in [2.24, 2.45) is 5.10 Å². The molecule has 1 aromatic carbocycles. The van der Waals surface area contributed by atoms with E-state index in [9.17, 15) is 4.39 Å². The Kier molecular flexibility index (Phi) is 6.03. The quantitative estimate of drug-likeness (QED) is 0.449. The van der Waals surface area contributed by atoms with E-state index in [0.717, 1.165) is 5.56 Å². The van der Waals surface area contributed by atoms with Crippen molar-refractivity contribution in [3.05, 3.63) is 29.6 Å². The van der Waals surface area contributed by atoms with Gasteiger partial charge in [-0.15, -0.1) is 0 Å². The lowest BCUT2D eigenvalue weighted by Gasteiger charge is -2.02. The highest BCUT2D eigenvalue weighted by molar-refractivity contribution is 5.80. The first kappa shape index (κ1) is 13.4. The number of nitrogens with one attached hydrogen (secondary N) is 1. The minimum Gasteiger partial charge on any atom is -0.494 e. The molecule has 0 atom stereocenters. The monoisotopic (exact) mass is 240 g/mol. The van der Waals surface area contributed by atoms with Gasteiger partial charge in [-0.1, -0.05) is 6.07 Å². The number of benzene rings is 1. The van der Waals surface area contributed by atoms with Crippen molar-refractivity contribution in [1.29, 1.82) is 0 Å². The zero-order chi connectivity index (χ0) is 12.5. The molecule has 0 aromatic heterocycles. The summed E-state index contributed by atoms with van der Waals surface area (Å²) in [4.78, 5) is 0. The zero-order valence-electron chi connectivity index (χ0n) is 10.1. The Hall–Kier alpha value is -1.62. The predicted octanol–water partition coefficient (Wildman–Crippen LogP) is 1.79. The third-order valence-corrected chi connectivity index (χ3v) is 2.04. The molecule has 1 aromatic rings. The molecule has 0 bridgehead atoms. The molecule has 0 radical (unpaired) electrons. The fourth-order valence-corrected chi connectivity index (χ4v) is 1.20. The first-order valence-corrected chi connectivity index (χ1v) is 5.45. The van der Waals surface area contributed by atoms with E-state index in [1.165, 1.54) is 13.2 Å². The van der Waals surface area contributed by atoms with E-state index in [0.29, 0.717) is 19.8 Å². The second kappa shape index (κ2) is 7.62. The highest BCUT2D eigenvalue weighted by Crippen LogP contribution is 2.16. The van der Waals surface area contributed by atoms with Crippen molar-refractivity contribution < 1.29 is 13.9 Å². The first-order valence-electron chi connectivity index (χ1n) is 5.45. The summed E-state index contributed by atoms with van der Waals surface area (Å²) in [5.74, 6) is -0.169. The molecule has 0 aliphatic heterocycles. The van der Waals surface area contributed by atoms with E-state index in [1.54, 1.807) is 18.3 Å². The maximum atomic E-state index is 13.1. The summed E-state index contributed by atoms with van der Waals surface area (Å²) in [6.07, 6.45) is 1.61. The Balaban J connectivity index is 2.42. The number of hydrogen-bond donors (Lipinski definition) is 1. The maximum absolute atomic E-state index is 13.1. The Morgan fingerprint density at radius 2 is 2.29 bits per heavy atom. The average molecular weight is 240 g/mol. The van der Waals surface area contributed by atoms with Crippen molar-refractivity contribution in [3.63, 3.8) is 0 Å². The van der Waals surface area contributed by atoms with Crippen LogP contribution >= 0.6 is 0 Å². The Morgan fingerprint density at radius 1 is 1.47 bits per heavy atom. The summed E-state index contributed by atoms with van der Waals surface area (Å²) >= 11 is 0. The van der Waals surface area contributed by atoms with Crippen LogP contribution in [-0.2, 0) is 4.74 Å². The van der Waals surface area contributed by atoms with Gasteiger partial charge in [0.25, 0.3) is 0 Å². The minimum atomic E-state index is -0.381. The lowest BCUT2D eigenvalue weighted by Crippen LogP contribution is -2.13. The van der Waals surface area contributed by atoms with Gasteiger partial charge < -0.3 is 14.9 Å². The summed E-state index contributed by atoms with van der Waals surface area (Å²) in [6.45, 7) is 3.89. The van der Waals surface area contributed by atoms with Gasteiger partial charge in [0.15, 0.2) is 11.6 Å². The smallest absolute Gasteiger partial charge is 0.165 e. The Morgan fingerprint density at radius 3 is 3.00 bits per heavy atom. The molecule has 0 spiro atoms. The molecule has 1 rings (SSSR count). The van der Waals surface area contributed by atoms with Crippen LogP contribution in [0.2, 0.25) is 0 Å². The molecule has 0 heterocycles. The number of ether oxygens (including phenoxy) is 2. The maximum Gasteiger partial charge on any atom is 0.165 e. The molecule has 94 valence electrons. The van der Waals surface area contributed by atoms with Gasteiger partial charge >= 0.3 is 0 Å². The van der Waals surface area contributed by atoms with Crippen LogP contribution in [0.3, 0.4) is 0 Å². The van der Waals surface area contributed by atoms with E-state index in [2.05, 4.69) is 10.5 Å². The zero-order valence-corrected chi connectivity index (χ0v) is 10.1. The summed E-state index contributed by atoms with van der Waals surface area (Å²) < 4.78 is 23.1.